The van der Waals surface area contributed by atoms with Gasteiger partial charge in [-0.15, -0.1) is 0 Å². The van der Waals surface area contributed by atoms with Crippen LogP contribution in [0.1, 0.15) is 10.4 Å². The van der Waals surface area contributed by atoms with E-state index in [1.807, 2.05) is 0 Å². The Labute approximate surface area is 93.8 Å². The van der Waals surface area contributed by atoms with Crippen LogP contribution in [-0.2, 0) is 0 Å². The maximum Gasteiger partial charge on any atom is 0.196 e. The van der Waals surface area contributed by atoms with Gasteiger partial charge in [-0.05, 0) is 12.1 Å². The predicted molar refractivity (Wildman–Crippen MR) is 58.9 cm³/mol. The molecule has 1 aromatic rings. The number of carbonyl (C=O) groups excluding carboxylic acids is 1. The number of rotatable bonds is 5. The Hall–Kier alpha value is -1.59. The molecule has 0 aromatic heterocycles. The van der Waals surface area contributed by atoms with E-state index < -0.39 is 11.9 Å². The molecule has 88 valence electrons. The van der Waals surface area contributed by atoms with Crippen LogP contribution >= 0.6 is 0 Å². The lowest BCUT2D eigenvalue weighted by Gasteiger charge is -2.11. The second kappa shape index (κ2) is 5.48. The van der Waals surface area contributed by atoms with E-state index in [0.29, 0.717) is 17.1 Å². The number of ether oxygens (including phenoxy) is 2. The minimum absolute atomic E-state index is 0.117. The van der Waals surface area contributed by atoms with Gasteiger partial charge in [0.2, 0.25) is 0 Å². The second-order valence-corrected chi connectivity index (χ2v) is 3.18. The first kappa shape index (κ1) is 12.5. The summed E-state index contributed by atoms with van der Waals surface area (Å²) in [6.07, 6.45) is -1.21. The fraction of sp³-hybridized carbons (Fsp3) is 0.364. The largest absolute Gasteiger partial charge is 0.497 e. The number of ketones is 1. The van der Waals surface area contributed by atoms with Gasteiger partial charge >= 0.3 is 0 Å². The number of methoxy groups -OCH3 is 2. The standard InChI is InChI=1S/C11H15NO4/c1-15-7-3-4-8(10(5-7)16-2)11(14)9(13)6-12/h3-5,9,13H,6,12H2,1-2H3. The number of hydrogen-bond acceptors (Lipinski definition) is 5. The van der Waals surface area contributed by atoms with Crippen molar-refractivity contribution in [2.45, 2.75) is 6.10 Å². The molecule has 5 heteroatoms. The highest BCUT2D eigenvalue weighted by Gasteiger charge is 2.19. The average Bonchev–Trinajstić information content (AvgIpc) is 2.35. The van der Waals surface area contributed by atoms with Crippen molar-refractivity contribution in [1.29, 1.82) is 0 Å². The van der Waals surface area contributed by atoms with Crippen molar-refractivity contribution in [3.8, 4) is 11.5 Å². The predicted octanol–water partition coefficient (Wildman–Crippen LogP) is 0.206. The summed E-state index contributed by atoms with van der Waals surface area (Å²) in [4.78, 5) is 11.7. The Kier molecular flexibility index (Phi) is 4.28. The van der Waals surface area contributed by atoms with Crippen LogP contribution in [0.5, 0.6) is 11.5 Å². The van der Waals surface area contributed by atoms with Gasteiger partial charge in [0.1, 0.15) is 17.6 Å². The fourth-order valence-electron chi connectivity index (χ4n) is 1.29. The van der Waals surface area contributed by atoms with E-state index >= 15 is 0 Å². The highest BCUT2D eigenvalue weighted by Crippen LogP contribution is 2.25. The summed E-state index contributed by atoms with van der Waals surface area (Å²) in [5, 5.41) is 9.36. The van der Waals surface area contributed by atoms with Crippen LogP contribution in [-0.4, -0.2) is 37.8 Å². The van der Waals surface area contributed by atoms with E-state index in [1.165, 1.54) is 14.2 Å². The minimum Gasteiger partial charge on any atom is -0.497 e. The van der Waals surface area contributed by atoms with E-state index in [-0.39, 0.29) is 6.54 Å². The molecule has 0 saturated heterocycles. The summed E-state index contributed by atoms with van der Waals surface area (Å²) in [6, 6.07) is 4.74. The van der Waals surface area contributed by atoms with Crippen LogP contribution in [0.3, 0.4) is 0 Å². The Balaban J connectivity index is 3.08. The zero-order valence-electron chi connectivity index (χ0n) is 9.27. The van der Waals surface area contributed by atoms with Gasteiger partial charge in [0.25, 0.3) is 0 Å². The highest BCUT2D eigenvalue weighted by molar-refractivity contribution is 6.02. The Bertz CT molecular complexity index is 378. The third kappa shape index (κ3) is 2.50. The third-order valence-corrected chi connectivity index (χ3v) is 2.20. The fourth-order valence-corrected chi connectivity index (χ4v) is 1.29. The Morgan fingerprint density at radius 2 is 2.12 bits per heavy atom. The van der Waals surface area contributed by atoms with Gasteiger partial charge in [0.05, 0.1) is 19.8 Å². The molecule has 0 aliphatic carbocycles. The molecule has 0 radical (unpaired) electrons. The van der Waals surface area contributed by atoms with Crippen LogP contribution in [0.15, 0.2) is 18.2 Å². The van der Waals surface area contributed by atoms with Gasteiger partial charge in [-0.3, -0.25) is 4.79 Å². The van der Waals surface area contributed by atoms with Crippen molar-refractivity contribution in [2.75, 3.05) is 20.8 Å². The van der Waals surface area contributed by atoms with Gasteiger partial charge in [-0.25, -0.2) is 0 Å². The van der Waals surface area contributed by atoms with Gasteiger partial charge in [0, 0.05) is 12.6 Å². The molecule has 0 saturated carbocycles. The molecule has 0 spiro atoms. The number of carbonyl (C=O) groups is 1. The van der Waals surface area contributed by atoms with E-state index in [4.69, 9.17) is 15.2 Å². The summed E-state index contributed by atoms with van der Waals surface area (Å²) in [5.74, 6) is 0.481. The molecule has 1 aromatic carbocycles. The van der Waals surface area contributed by atoms with Gasteiger partial charge in [-0.1, -0.05) is 0 Å². The van der Waals surface area contributed by atoms with Crippen molar-refractivity contribution in [3.05, 3.63) is 23.8 Å². The zero-order chi connectivity index (χ0) is 12.1. The first-order chi connectivity index (χ1) is 7.63. The Morgan fingerprint density at radius 1 is 1.44 bits per heavy atom. The number of Topliss-reactive ketones (excluding diaryl/α,β-unsaturated/α-hetero) is 1. The molecule has 1 rings (SSSR count). The lowest BCUT2D eigenvalue weighted by atomic mass is 10.0. The Morgan fingerprint density at radius 3 is 2.62 bits per heavy atom. The summed E-state index contributed by atoms with van der Waals surface area (Å²) in [5.41, 5.74) is 5.51. The van der Waals surface area contributed by atoms with Crippen LogP contribution in [0.4, 0.5) is 0 Å². The number of aliphatic hydroxyl groups excluding tert-OH is 1. The van der Waals surface area contributed by atoms with E-state index in [2.05, 4.69) is 0 Å². The topological polar surface area (TPSA) is 81.8 Å². The highest BCUT2D eigenvalue weighted by atomic mass is 16.5. The molecular weight excluding hydrogens is 210 g/mol. The van der Waals surface area contributed by atoms with Crippen LogP contribution < -0.4 is 15.2 Å². The molecule has 0 amide bonds. The summed E-state index contributed by atoms with van der Waals surface area (Å²) in [6.45, 7) is -0.117. The number of hydrogen-bond donors (Lipinski definition) is 2. The SMILES string of the molecule is COc1ccc(C(=O)C(O)CN)c(OC)c1. The summed E-state index contributed by atoms with van der Waals surface area (Å²) < 4.78 is 10.1. The van der Waals surface area contributed by atoms with Crippen LogP contribution in [0.2, 0.25) is 0 Å². The molecule has 0 heterocycles. The van der Waals surface area contributed by atoms with Gasteiger partial charge in [0.15, 0.2) is 5.78 Å². The van der Waals surface area contributed by atoms with E-state index in [9.17, 15) is 9.90 Å². The molecule has 3 N–H and O–H groups in total. The van der Waals surface area contributed by atoms with Crippen molar-refractivity contribution in [2.24, 2.45) is 5.73 Å². The average molecular weight is 225 g/mol. The van der Waals surface area contributed by atoms with Crippen LogP contribution in [0.25, 0.3) is 0 Å². The number of aliphatic hydroxyl groups is 1. The quantitative estimate of drug-likeness (QED) is 0.700. The smallest absolute Gasteiger partial charge is 0.196 e. The molecule has 1 atom stereocenters. The molecular formula is C11H15NO4. The summed E-state index contributed by atoms with van der Waals surface area (Å²) in [7, 11) is 2.96. The van der Waals surface area contributed by atoms with E-state index in [1.54, 1.807) is 18.2 Å². The molecule has 0 aliphatic rings. The zero-order valence-corrected chi connectivity index (χ0v) is 9.27. The molecule has 0 fully saturated rings. The number of nitrogens with two attached hydrogens (primary N) is 1. The first-order valence-corrected chi connectivity index (χ1v) is 4.78. The normalized spacial score (nSPS) is 12.0. The molecule has 1 unspecified atom stereocenters. The van der Waals surface area contributed by atoms with Crippen molar-refractivity contribution in [3.63, 3.8) is 0 Å². The molecule has 16 heavy (non-hydrogen) atoms. The molecule has 0 bridgehead atoms. The minimum atomic E-state index is -1.21. The third-order valence-electron chi connectivity index (χ3n) is 2.20. The first-order valence-electron chi connectivity index (χ1n) is 4.78. The summed E-state index contributed by atoms with van der Waals surface area (Å²) >= 11 is 0. The lowest BCUT2D eigenvalue weighted by molar-refractivity contribution is 0.0759. The second-order valence-electron chi connectivity index (χ2n) is 3.18. The van der Waals surface area contributed by atoms with Gasteiger partial charge in [-0.2, -0.15) is 0 Å². The maximum absolute atomic E-state index is 11.7. The monoisotopic (exact) mass is 225 g/mol. The van der Waals surface area contributed by atoms with Gasteiger partial charge < -0.3 is 20.3 Å². The van der Waals surface area contributed by atoms with Crippen molar-refractivity contribution < 1.29 is 19.4 Å². The van der Waals surface area contributed by atoms with Crippen molar-refractivity contribution >= 4 is 5.78 Å². The van der Waals surface area contributed by atoms with Crippen molar-refractivity contribution in [1.82, 2.24) is 0 Å². The van der Waals surface area contributed by atoms with E-state index in [0.717, 1.165) is 0 Å². The maximum atomic E-state index is 11.7. The molecule has 5 nitrogen and oxygen atoms in total. The van der Waals surface area contributed by atoms with Crippen LogP contribution in [0, 0.1) is 0 Å². The lowest BCUT2D eigenvalue weighted by Crippen LogP contribution is -2.29. The number of benzene rings is 1. The molecule has 0 aliphatic heterocycles.